The first-order valence-electron chi connectivity index (χ1n) is 10.2. The molecule has 0 aromatic heterocycles. The molecule has 1 atom stereocenters. The molecular formula is C24H24NO8-. The second kappa shape index (κ2) is 10.1. The number of Topliss-reactive ketones (excluding diaryl/α,β-unsaturated/α-hetero) is 1. The summed E-state index contributed by atoms with van der Waals surface area (Å²) < 4.78 is 21.6. The minimum atomic E-state index is -1.36. The predicted molar refractivity (Wildman–Crippen MR) is 116 cm³/mol. The van der Waals surface area contributed by atoms with Crippen molar-refractivity contribution in [1.29, 1.82) is 0 Å². The minimum Gasteiger partial charge on any atom is -0.548 e. The Morgan fingerprint density at radius 1 is 1.09 bits per heavy atom. The number of hydrogen-bond acceptors (Lipinski definition) is 8. The third-order valence-electron chi connectivity index (χ3n) is 4.95. The average Bonchev–Trinajstić information content (AvgIpc) is 3.09. The number of ether oxygens (including phenoxy) is 4. The Bertz CT molecular complexity index is 1110. The van der Waals surface area contributed by atoms with E-state index in [2.05, 4.69) is 5.32 Å². The van der Waals surface area contributed by atoms with Crippen LogP contribution in [0.25, 0.3) is 6.08 Å². The highest BCUT2D eigenvalue weighted by Gasteiger charge is 2.28. The lowest BCUT2D eigenvalue weighted by atomic mass is 10.1. The van der Waals surface area contributed by atoms with E-state index in [1.165, 1.54) is 26.4 Å². The van der Waals surface area contributed by atoms with Crippen LogP contribution in [0.15, 0.2) is 42.2 Å². The van der Waals surface area contributed by atoms with Crippen LogP contribution in [-0.2, 0) is 9.59 Å². The van der Waals surface area contributed by atoms with E-state index in [0.29, 0.717) is 34.1 Å². The van der Waals surface area contributed by atoms with Crippen molar-refractivity contribution in [3.8, 4) is 23.0 Å². The highest BCUT2D eigenvalue weighted by atomic mass is 16.5. The monoisotopic (exact) mass is 454 g/mol. The maximum Gasteiger partial charge on any atom is 0.258 e. The summed E-state index contributed by atoms with van der Waals surface area (Å²) in [6.45, 7) is 2.91. The number of allylic oxidation sites excluding steroid dienone is 1. The number of methoxy groups -OCH3 is 2. The zero-order valence-corrected chi connectivity index (χ0v) is 18.7. The number of fused-ring (bicyclic) bond motifs is 1. The van der Waals surface area contributed by atoms with Crippen LogP contribution in [-0.4, -0.2) is 44.5 Å². The highest BCUT2D eigenvalue weighted by molar-refractivity contribution is 6.14. The Morgan fingerprint density at radius 3 is 2.45 bits per heavy atom. The van der Waals surface area contributed by atoms with Gasteiger partial charge in [0.2, 0.25) is 5.78 Å². The number of nitrogens with one attached hydrogen (secondary N) is 1. The molecule has 9 heteroatoms. The number of hydrogen-bond donors (Lipinski definition) is 1. The SMILES string of the molecule is COc1ccc(/C=C2\Oc3cc(OCC(=O)N[C@H](C(=O)[O-])C(C)C)ccc3C2=O)cc1OC. The number of carboxylic acid groups (broad SMARTS) is 1. The number of rotatable bonds is 9. The lowest BCUT2D eigenvalue weighted by molar-refractivity contribution is -0.309. The van der Waals surface area contributed by atoms with E-state index in [1.807, 2.05) is 0 Å². The second-order valence-electron chi connectivity index (χ2n) is 7.61. The van der Waals surface area contributed by atoms with Crippen LogP contribution in [0, 0.1) is 5.92 Å². The van der Waals surface area contributed by atoms with Crippen molar-refractivity contribution in [1.82, 2.24) is 5.32 Å². The molecule has 0 unspecified atom stereocenters. The van der Waals surface area contributed by atoms with Gasteiger partial charge in [-0.15, -0.1) is 0 Å². The molecule has 0 spiro atoms. The summed E-state index contributed by atoms with van der Waals surface area (Å²) in [6.07, 6.45) is 1.59. The number of amides is 1. The van der Waals surface area contributed by atoms with Crippen LogP contribution in [0.5, 0.6) is 23.0 Å². The number of ketones is 1. The van der Waals surface area contributed by atoms with Crippen molar-refractivity contribution in [2.24, 2.45) is 5.92 Å². The van der Waals surface area contributed by atoms with E-state index in [0.717, 1.165) is 0 Å². The van der Waals surface area contributed by atoms with Gasteiger partial charge in [0.15, 0.2) is 23.9 Å². The zero-order valence-electron chi connectivity index (χ0n) is 18.7. The van der Waals surface area contributed by atoms with Crippen LogP contribution < -0.4 is 29.4 Å². The molecule has 3 rings (SSSR count). The van der Waals surface area contributed by atoms with Gasteiger partial charge in [0.25, 0.3) is 5.91 Å². The third-order valence-corrected chi connectivity index (χ3v) is 4.95. The molecule has 0 radical (unpaired) electrons. The van der Waals surface area contributed by atoms with Gasteiger partial charge in [-0.05, 0) is 41.8 Å². The normalized spacial score (nSPS) is 14.5. The van der Waals surface area contributed by atoms with Crippen LogP contribution in [0.4, 0.5) is 0 Å². The molecule has 0 bridgehead atoms. The van der Waals surface area contributed by atoms with E-state index in [4.69, 9.17) is 18.9 Å². The Labute approximate surface area is 190 Å². The van der Waals surface area contributed by atoms with Crippen molar-refractivity contribution >= 4 is 23.7 Å². The maximum absolute atomic E-state index is 12.7. The fourth-order valence-electron chi connectivity index (χ4n) is 3.21. The molecular weight excluding hydrogens is 430 g/mol. The van der Waals surface area contributed by atoms with Crippen molar-refractivity contribution in [2.45, 2.75) is 19.9 Å². The Balaban J connectivity index is 1.69. The van der Waals surface area contributed by atoms with Gasteiger partial charge in [-0.2, -0.15) is 0 Å². The fraction of sp³-hybridized carbons (Fsp3) is 0.292. The number of carbonyl (C=O) groups is 3. The maximum atomic E-state index is 12.7. The molecule has 33 heavy (non-hydrogen) atoms. The topological polar surface area (TPSA) is 123 Å². The average molecular weight is 454 g/mol. The van der Waals surface area contributed by atoms with Crippen LogP contribution in [0.3, 0.4) is 0 Å². The quantitative estimate of drug-likeness (QED) is 0.567. The van der Waals surface area contributed by atoms with E-state index in [1.54, 1.807) is 44.2 Å². The summed E-state index contributed by atoms with van der Waals surface area (Å²) in [5.41, 5.74) is 1.04. The molecule has 1 aliphatic heterocycles. The smallest absolute Gasteiger partial charge is 0.258 e. The van der Waals surface area contributed by atoms with Gasteiger partial charge in [-0.3, -0.25) is 9.59 Å². The molecule has 0 saturated heterocycles. The van der Waals surface area contributed by atoms with Crippen molar-refractivity contribution in [2.75, 3.05) is 20.8 Å². The standard InChI is InChI=1S/C24H25NO8/c1-13(2)22(24(28)29)25-21(26)12-32-15-6-7-16-18(11-15)33-20(23(16)27)10-14-5-8-17(30-3)19(9-14)31-4/h5-11,13,22H,12H2,1-4H3,(H,25,26)(H,28,29)/p-1/b20-10-/t22-/m0/s1. The van der Waals surface area contributed by atoms with E-state index in [-0.39, 0.29) is 17.5 Å². The largest absolute Gasteiger partial charge is 0.548 e. The first-order chi connectivity index (χ1) is 15.7. The predicted octanol–water partition coefficient (Wildman–Crippen LogP) is 1.59. The number of carbonyl (C=O) groups excluding carboxylic acids is 3. The van der Waals surface area contributed by atoms with Crippen LogP contribution in [0.1, 0.15) is 29.8 Å². The van der Waals surface area contributed by atoms with Crippen molar-refractivity contribution < 1.29 is 38.4 Å². The summed E-state index contributed by atoms with van der Waals surface area (Å²) >= 11 is 0. The Kier molecular flexibility index (Phi) is 7.22. The fourth-order valence-corrected chi connectivity index (χ4v) is 3.21. The highest BCUT2D eigenvalue weighted by Crippen LogP contribution is 2.36. The molecule has 2 aromatic carbocycles. The molecule has 1 aliphatic rings. The van der Waals surface area contributed by atoms with E-state index >= 15 is 0 Å². The molecule has 0 aliphatic carbocycles. The second-order valence-corrected chi connectivity index (χ2v) is 7.61. The lowest BCUT2D eigenvalue weighted by Gasteiger charge is -2.23. The first kappa shape index (κ1) is 23.6. The van der Waals surface area contributed by atoms with Crippen molar-refractivity contribution in [3.05, 3.63) is 53.3 Å². The summed E-state index contributed by atoms with van der Waals surface area (Å²) in [7, 11) is 3.05. The molecule has 9 nitrogen and oxygen atoms in total. The summed E-state index contributed by atoms with van der Waals surface area (Å²) in [5.74, 6) is -0.819. The molecule has 1 amide bonds. The van der Waals surface area contributed by atoms with Gasteiger partial charge in [-0.1, -0.05) is 19.9 Å². The number of benzene rings is 2. The number of carboxylic acids is 1. The molecule has 1 heterocycles. The van der Waals surface area contributed by atoms with E-state index < -0.39 is 24.5 Å². The molecule has 1 N–H and O–H groups in total. The minimum absolute atomic E-state index is 0.126. The molecule has 0 saturated carbocycles. The number of aliphatic carboxylic acids is 1. The summed E-state index contributed by atoms with van der Waals surface area (Å²) in [4.78, 5) is 35.8. The summed E-state index contributed by atoms with van der Waals surface area (Å²) in [6, 6.07) is 8.65. The van der Waals surface area contributed by atoms with Gasteiger partial charge in [-0.25, -0.2) is 0 Å². The zero-order chi connectivity index (χ0) is 24.1. The van der Waals surface area contributed by atoms with Crippen molar-refractivity contribution in [3.63, 3.8) is 0 Å². The Hall–Kier alpha value is -4.01. The van der Waals surface area contributed by atoms with E-state index in [9.17, 15) is 19.5 Å². The molecule has 2 aromatic rings. The van der Waals surface area contributed by atoms with Crippen LogP contribution >= 0.6 is 0 Å². The van der Waals surface area contributed by atoms with Gasteiger partial charge in [0.05, 0.1) is 31.8 Å². The first-order valence-corrected chi connectivity index (χ1v) is 10.2. The molecule has 0 fully saturated rings. The Morgan fingerprint density at radius 2 is 1.82 bits per heavy atom. The molecule has 174 valence electrons. The lowest BCUT2D eigenvalue weighted by Crippen LogP contribution is -2.51. The van der Waals surface area contributed by atoms with Gasteiger partial charge >= 0.3 is 0 Å². The third kappa shape index (κ3) is 5.43. The van der Waals surface area contributed by atoms with Gasteiger partial charge < -0.3 is 34.2 Å². The van der Waals surface area contributed by atoms with Gasteiger partial charge in [0, 0.05) is 6.07 Å². The van der Waals surface area contributed by atoms with Crippen LogP contribution in [0.2, 0.25) is 0 Å². The van der Waals surface area contributed by atoms with Gasteiger partial charge in [0.1, 0.15) is 11.5 Å². The summed E-state index contributed by atoms with van der Waals surface area (Å²) in [5, 5.41) is 13.5.